The van der Waals surface area contributed by atoms with Crippen LogP contribution in [0, 0.1) is 20.8 Å². The molecule has 0 aliphatic rings. The number of benzene rings is 1. The summed E-state index contributed by atoms with van der Waals surface area (Å²) >= 11 is 0. The Kier molecular flexibility index (Phi) is 5.21. The summed E-state index contributed by atoms with van der Waals surface area (Å²) in [4.78, 5) is 15.6. The number of carbonyl (C=O) groups excluding carboxylic acids is 1. The maximum absolute atomic E-state index is 11.4. The summed E-state index contributed by atoms with van der Waals surface area (Å²) in [6.45, 7) is 8.44. The third kappa shape index (κ3) is 4.22. The molecule has 1 aromatic heterocycles. The van der Waals surface area contributed by atoms with Gasteiger partial charge in [-0.2, -0.15) is 4.98 Å². The van der Waals surface area contributed by atoms with Gasteiger partial charge < -0.3 is 15.8 Å². The smallest absolute Gasteiger partial charge is 0.224 e. The quantitative estimate of drug-likeness (QED) is 0.885. The highest BCUT2D eigenvalue weighted by atomic mass is 16.5. The maximum atomic E-state index is 11.4. The van der Waals surface area contributed by atoms with Crippen molar-refractivity contribution < 1.29 is 9.53 Å². The van der Waals surface area contributed by atoms with E-state index in [4.69, 9.17) is 10.5 Å². The van der Waals surface area contributed by atoms with E-state index < -0.39 is 0 Å². The van der Waals surface area contributed by atoms with Crippen LogP contribution in [0.3, 0.4) is 0 Å². The molecule has 0 saturated carbocycles. The Bertz CT molecular complexity index is 703. The van der Waals surface area contributed by atoms with Gasteiger partial charge in [0.1, 0.15) is 6.61 Å². The number of ether oxygens (including phenoxy) is 1. The second kappa shape index (κ2) is 7.13. The lowest BCUT2D eigenvalue weighted by Crippen LogP contribution is -2.12. The van der Waals surface area contributed by atoms with Gasteiger partial charge in [-0.3, -0.25) is 4.79 Å². The summed E-state index contributed by atoms with van der Waals surface area (Å²) in [7, 11) is 0. The van der Waals surface area contributed by atoms with Gasteiger partial charge in [0, 0.05) is 12.5 Å². The van der Waals surface area contributed by atoms with Crippen LogP contribution in [-0.4, -0.2) is 10.9 Å². The van der Waals surface area contributed by atoms with E-state index >= 15 is 0 Å². The van der Waals surface area contributed by atoms with Crippen LogP contribution in [0.4, 0.5) is 11.5 Å². The summed E-state index contributed by atoms with van der Waals surface area (Å²) in [6, 6.07) is 7.69. The molecule has 0 radical (unpaired) electrons. The van der Waals surface area contributed by atoms with Crippen LogP contribution in [0.5, 0.6) is 5.88 Å². The second-order valence-corrected chi connectivity index (χ2v) is 5.65. The molecule has 1 aromatic carbocycles. The molecule has 0 spiro atoms. The summed E-state index contributed by atoms with van der Waals surface area (Å²) in [5.74, 6) is 0.594. The molecule has 5 heteroatoms. The number of nitrogens with two attached hydrogens (primary N) is 1. The van der Waals surface area contributed by atoms with Gasteiger partial charge in [-0.05, 0) is 43.5 Å². The highest BCUT2D eigenvalue weighted by Gasteiger charge is 2.08. The van der Waals surface area contributed by atoms with Crippen LogP contribution in [0.1, 0.15) is 35.6 Å². The first-order valence-electron chi connectivity index (χ1n) is 7.66. The van der Waals surface area contributed by atoms with Crippen LogP contribution < -0.4 is 15.8 Å². The minimum absolute atomic E-state index is 0.0990. The fourth-order valence-corrected chi connectivity index (χ4v) is 2.46. The molecule has 1 heterocycles. The average Bonchev–Trinajstić information content (AvgIpc) is 2.48. The third-order valence-electron chi connectivity index (χ3n) is 3.70. The molecule has 0 fully saturated rings. The van der Waals surface area contributed by atoms with Crippen molar-refractivity contribution in [2.45, 2.75) is 40.7 Å². The number of aromatic nitrogens is 1. The molecule has 0 atom stereocenters. The van der Waals surface area contributed by atoms with Gasteiger partial charge in [-0.25, -0.2) is 0 Å². The first-order chi connectivity index (χ1) is 10.9. The van der Waals surface area contributed by atoms with Crippen LogP contribution in [-0.2, 0) is 11.4 Å². The van der Waals surface area contributed by atoms with Crippen molar-refractivity contribution >= 4 is 17.4 Å². The standard InChI is InChI=1S/C18H23N3O2/c1-5-16(22)20-15-6-7-17(21-18(15)19)23-10-14-12(3)8-11(2)9-13(14)4/h6-9H,5,10H2,1-4H3,(H2,19,21)(H,20,22). The minimum Gasteiger partial charge on any atom is -0.473 e. The zero-order valence-corrected chi connectivity index (χ0v) is 14.1. The van der Waals surface area contributed by atoms with Crippen molar-refractivity contribution in [3.63, 3.8) is 0 Å². The highest BCUT2D eigenvalue weighted by Crippen LogP contribution is 2.22. The molecule has 0 saturated heterocycles. The van der Waals surface area contributed by atoms with Crippen molar-refractivity contribution in [2.24, 2.45) is 0 Å². The number of hydrogen-bond acceptors (Lipinski definition) is 4. The van der Waals surface area contributed by atoms with Crippen molar-refractivity contribution in [1.29, 1.82) is 0 Å². The second-order valence-electron chi connectivity index (χ2n) is 5.65. The molecule has 5 nitrogen and oxygen atoms in total. The van der Waals surface area contributed by atoms with Gasteiger partial charge >= 0.3 is 0 Å². The number of anilines is 2. The topological polar surface area (TPSA) is 77.2 Å². The van der Waals surface area contributed by atoms with Crippen LogP contribution >= 0.6 is 0 Å². The molecule has 1 amide bonds. The fourth-order valence-electron chi connectivity index (χ4n) is 2.46. The molecular formula is C18H23N3O2. The van der Waals surface area contributed by atoms with Crippen molar-refractivity contribution in [2.75, 3.05) is 11.1 Å². The number of amides is 1. The van der Waals surface area contributed by atoms with Gasteiger partial charge in [0.25, 0.3) is 0 Å². The minimum atomic E-state index is -0.0990. The SMILES string of the molecule is CCC(=O)Nc1ccc(OCc2c(C)cc(C)cc2C)nc1N. The van der Waals surface area contributed by atoms with E-state index in [1.165, 1.54) is 16.7 Å². The summed E-state index contributed by atoms with van der Waals surface area (Å²) in [5, 5.41) is 2.70. The first kappa shape index (κ1) is 16.8. The van der Waals surface area contributed by atoms with Crippen LogP contribution in [0.15, 0.2) is 24.3 Å². The summed E-state index contributed by atoms with van der Waals surface area (Å²) in [5.41, 5.74) is 11.2. The van der Waals surface area contributed by atoms with Gasteiger partial charge in [-0.15, -0.1) is 0 Å². The number of nitrogen functional groups attached to an aromatic ring is 1. The molecule has 0 bridgehead atoms. The Hall–Kier alpha value is -2.56. The van der Waals surface area contributed by atoms with E-state index in [1.54, 1.807) is 19.1 Å². The Morgan fingerprint density at radius 1 is 1.22 bits per heavy atom. The van der Waals surface area contributed by atoms with Crippen molar-refractivity contribution in [3.05, 3.63) is 46.5 Å². The van der Waals surface area contributed by atoms with Crippen molar-refractivity contribution in [3.8, 4) is 5.88 Å². The molecular weight excluding hydrogens is 290 g/mol. The van der Waals surface area contributed by atoms with E-state index in [0.29, 0.717) is 24.6 Å². The number of pyridine rings is 1. The van der Waals surface area contributed by atoms with Gasteiger partial charge in [0.05, 0.1) is 5.69 Å². The van der Waals surface area contributed by atoms with Crippen LogP contribution in [0.2, 0.25) is 0 Å². The predicted molar refractivity (Wildman–Crippen MR) is 92.6 cm³/mol. The van der Waals surface area contributed by atoms with Crippen LogP contribution in [0.25, 0.3) is 0 Å². The van der Waals surface area contributed by atoms with E-state index in [-0.39, 0.29) is 11.7 Å². The maximum Gasteiger partial charge on any atom is 0.224 e. The van der Waals surface area contributed by atoms with Gasteiger partial charge in [0.2, 0.25) is 11.8 Å². The largest absolute Gasteiger partial charge is 0.473 e. The van der Waals surface area contributed by atoms with Crippen molar-refractivity contribution in [1.82, 2.24) is 4.98 Å². The first-order valence-corrected chi connectivity index (χ1v) is 7.66. The highest BCUT2D eigenvalue weighted by molar-refractivity contribution is 5.92. The molecule has 0 unspecified atom stereocenters. The molecule has 23 heavy (non-hydrogen) atoms. The zero-order valence-electron chi connectivity index (χ0n) is 14.1. The number of aryl methyl sites for hydroxylation is 3. The lowest BCUT2D eigenvalue weighted by atomic mass is 10.0. The number of nitrogens with zero attached hydrogens (tertiary/aromatic N) is 1. The summed E-state index contributed by atoms with van der Waals surface area (Å²) in [6.07, 6.45) is 0.393. The number of nitrogens with one attached hydrogen (secondary N) is 1. The molecule has 2 aromatic rings. The number of carbonyl (C=O) groups is 1. The fraction of sp³-hybridized carbons (Fsp3) is 0.333. The van der Waals surface area contributed by atoms with Gasteiger partial charge in [-0.1, -0.05) is 24.6 Å². The monoisotopic (exact) mass is 313 g/mol. The average molecular weight is 313 g/mol. The predicted octanol–water partition coefficient (Wildman–Crippen LogP) is 3.52. The lowest BCUT2D eigenvalue weighted by molar-refractivity contribution is -0.115. The van der Waals surface area contributed by atoms with E-state index in [1.807, 2.05) is 0 Å². The Morgan fingerprint density at radius 2 is 1.87 bits per heavy atom. The Morgan fingerprint density at radius 3 is 2.43 bits per heavy atom. The van der Waals surface area contributed by atoms with E-state index in [2.05, 4.69) is 43.2 Å². The number of rotatable bonds is 5. The van der Waals surface area contributed by atoms with E-state index in [0.717, 1.165) is 5.56 Å². The Labute approximate surface area is 136 Å². The molecule has 0 aliphatic heterocycles. The normalized spacial score (nSPS) is 10.4. The molecule has 2 rings (SSSR count). The molecule has 0 aliphatic carbocycles. The third-order valence-corrected chi connectivity index (χ3v) is 3.70. The zero-order chi connectivity index (χ0) is 17.0. The molecule has 122 valence electrons. The number of hydrogen-bond donors (Lipinski definition) is 2. The molecule has 3 N–H and O–H groups in total. The Balaban J connectivity index is 2.10. The van der Waals surface area contributed by atoms with E-state index in [9.17, 15) is 4.79 Å². The summed E-state index contributed by atoms with van der Waals surface area (Å²) < 4.78 is 5.76. The lowest BCUT2D eigenvalue weighted by Gasteiger charge is -2.13. The van der Waals surface area contributed by atoms with Gasteiger partial charge in [0.15, 0.2) is 5.82 Å².